The Morgan fingerprint density at radius 1 is 1.26 bits per heavy atom. The molecule has 2 rings (SSSR count). The largest absolute Gasteiger partial charge is 0.394 e. The Bertz CT molecular complexity index is 471. The van der Waals surface area contributed by atoms with Gasteiger partial charge in [0, 0.05) is 0 Å². The highest BCUT2D eigenvalue weighted by atomic mass is 16.7. The Morgan fingerprint density at radius 2 is 1.91 bits per heavy atom. The van der Waals surface area contributed by atoms with E-state index in [9.17, 15) is 25.2 Å². The van der Waals surface area contributed by atoms with Crippen LogP contribution < -0.4 is 0 Å². The zero-order valence-electron chi connectivity index (χ0n) is 13.7. The van der Waals surface area contributed by atoms with Gasteiger partial charge >= 0.3 is 0 Å². The molecular weight excluding hydrogens is 304 g/mol. The van der Waals surface area contributed by atoms with Gasteiger partial charge in [-0.15, -0.1) is 0 Å². The molecule has 2 aliphatic rings. The summed E-state index contributed by atoms with van der Waals surface area (Å²) < 4.78 is 11.2. The Labute approximate surface area is 135 Å². The average Bonchev–Trinajstić information content (AvgIpc) is 2.46. The second-order valence-electron chi connectivity index (χ2n) is 7.06. The van der Waals surface area contributed by atoms with E-state index in [4.69, 9.17) is 9.47 Å². The molecule has 0 radical (unpaired) electrons. The average molecular weight is 330 g/mol. The number of aldehydes is 1. The number of carbonyl (C=O) groups is 1. The second-order valence-corrected chi connectivity index (χ2v) is 7.06. The van der Waals surface area contributed by atoms with Crippen molar-refractivity contribution < 1.29 is 34.7 Å². The van der Waals surface area contributed by atoms with E-state index in [2.05, 4.69) is 0 Å². The molecule has 6 unspecified atom stereocenters. The molecule has 0 aromatic rings. The molecule has 1 aliphatic carbocycles. The Hall–Kier alpha value is -0.830. The molecule has 0 aromatic heterocycles. The zero-order valence-corrected chi connectivity index (χ0v) is 13.7. The van der Waals surface area contributed by atoms with Crippen molar-refractivity contribution in [2.75, 3.05) is 6.61 Å². The van der Waals surface area contributed by atoms with E-state index in [1.807, 2.05) is 20.8 Å². The molecule has 4 N–H and O–H groups in total. The Balaban J connectivity index is 2.10. The van der Waals surface area contributed by atoms with Crippen molar-refractivity contribution in [3.05, 3.63) is 11.1 Å². The van der Waals surface area contributed by atoms with Gasteiger partial charge in [0.05, 0.1) is 12.7 Å². The first-order valence-electron chi connectivity index (χ1n) is 7.82. The lowest BCUT2D eigenvalue weighted by atomic mass is 9.72. The number of aliphatic hydroxyl groups excluding tert-OH is 4. The number of allylic oxidation sites excluding steroid dienone is 1. The molecule has 132 valence electrons. The van der Waals surface area contributed by atoms with Gasteiger partial charge in [-0.05, 0) is 30.8 Å². The van der Waals surface area contributed by atoms with Crippen LogP contribution in [0.3, 0.4) is 0 Å². The molecule has 1 saturated heterocycles. The van der Waals surface area contributed by atoms with E-state index in [-0.39, 0.29) is 11.5 Å². The number of hydrogen-bond donors (Lipinski definition) is 4. The molecule has 23 heavy (non-hydrogen) atoms. The highest BCUT2D eigenvalue weighted by Crippen LogP contribution is 2.41. The summed E-state index contributed by atoms with van der Waals surface area (Å²) in [5.41, 5.74) is 1.32. The summed E-state index contributed by atoms with van der Waals surface area (Å²) in [4.78, 5) is 11.2. The molecule has 0 saturated carbocycles. The van der Waals surface area contributed by atoms with Gasteiger partial charge < -0.3 is 29.9 Å². The van der Waals surface area contributed by atoms with Crippen LogP contribution in [0, 0.1) is 5.41 Å². The first kappa shape index (κ1) is 18.5. The number of ether oxygens (including phenoxy) is 2. The van der Waals surface area contributed by atoms with Gasteiger partial charge in [0.2, 0.25) is 0 Å². The van der Waals surface area contributed by atoms with Crippen LogP contribution in [-0.4, -0.2) is 70.1 Å². The third-order valence-corrected chi connectivity index (χ3v) is 4.75. The number of rotatable bonds is 4. The first-order chi connectivity index (χ1) is 10.7. The number of aliphatic hydroxyl groups is 4. The van der Waals surface area contributed by atoms with Gasteiger partial charge in [0.25, 0.3) is 0 Å². The zero-order chi connectivity index (χ0) is 17.4. The monoisotopic (exact) mass is 330 g/mol. The molecule has 0 spiro atoms. The minimum Gasteiger partial charge on any atom is -0.394 e. The van der Waals surface area contributed by atoms with Gasteiger partial charge in [0.15, 0.2) is 6.29 Å². The van der Waals surface area contributed by atoms with Gasteiger partial charge in [-0.3, -0.25) is 4.79 Å². The molecule has 0 aromatic carbocycles. The van der Waals surface area contributed by atoms with Crippen LogP contribution in [0.15, 0.2) is 11.1 Å². The fraction of sp³-hybridized carbons (Fsp3) is 0.812. The van der Waals surface area contributed by atoms with Gasteiger partial charge in [-0.1, -0.05) is 19.4 Å². The summed E-state index contributed by atoms with van der Waals surface area (Å²) in [6.45, 7) is 5.27. The summed E-state index contributed by atoms with van der Waals surface area (Å²) in [7, 11) is 0. The minimum absolute atomic E-state index is 0.296. The quantitative estimate of drug-likeness (QED) is 0.514. The third kappa shape index (κ3) is 3.65. The van der Waals surface area contributed by atoms with Crippen LogP contribution in [0.5, 0.6) is 0 Å². The van der Waals surface area contributed by atoms with E-state index in [1.54, 1.807) is 0 Å². The topological polar surface area (TPSA) is 116 Å². The molecule has 0 amide bonds. The molecule has 1 aliphatic heterocycles. The van der Waals surface area contributed by atoms with Crippen molar-refractivity contribution in [1.82, 2.24) is 0 Å². The fourth-order valence-electron chi connectivity index (χ4n) is 3.51. The van der Waals surface area contributed by atoms with Crippen LogP contribution in [-0.2, 0) is 14.3 Å². The summed E-state index contributed by atoms with van der Waals surface area (Å²) in [5, 5.41) is 38.8. The number of hydrogen-bond acceptors (Lipinski definition) is 7. The standard InChI is InChI=1S/C16H26O7/c1-8-4-9(5-16(2,3)10(8)6-17)22-15-14(21)13(20)12(19)11(7-18)23-15/h6,9,11-15,18-21H,4-5,7H2,1-3H3. The van der Waals surface area contributed by atoms with E-state index >= 15 is 0 Å². The van der Waals surface area contributed by atoms with Crippen molar-refractivity contribution in [1.29, 1.82) is 0 Å². The maximum absolute atomic E-state index is 11.2. The highest BCUT2D eigenvalue weighted by Gasteiger charge is 2.45. The van der Waals surface area contributed by atoms with E-state index < -0.39 is 37.3 Å². The summed E-state index contributed by atoms with van der Waals surface area (Å²) in [6, 6.07) is 0. The van der Waals surface area contributed by atoms with Crippen molar-refractivity contribution in [2.45, 2.75) is 70.4 Å². The van der Waals surface area contributed by atoms with Gasteiger partial charge in [0.1, 0.15) is 30.7 Å². The summed E-state index contributed by atoms with van der Waals surface area (Å²) in [5.74, 6) is 0. The van der Waals surface area contributed by atoms with Crippen molar-refractivity contribution in [3.63, 3.8) is 0 Å². The van der Waals surface area contributed by atoms with Gasteiger partial charge in [-0.2, -0.15) is 0 Å². The predicted molar refractivity (Wildman–Crippen MR) is 80.4 cm³/mol. The van der Waals surface area contributed by atoms with E-state index in [1.165, 1.54) is 0 Å². The molecule has 6 atom stereocenters. The molecule has 7 heteroatoms. The van der Waals surface area contributed by atoms with Crippen LogP contribution in [0.1, 0.15) is 33.6 Å². The third-order valence-electron chi connectivity index (χ3n) is 4.75. The maximum atomic E-state index is 11.2. The minimum atomic E-state index is -1.45. The SMILES string of the molecule is CC1=C(C=O)C(C)(C)CC(OC2OC(CO)C(O)C(O)C2O)C1. The predicted octanol–water partition coefficient (Wildman–Crippen LogP) is -0.493. The van der Waals surface area contributed by atoms with E-state index in [0.29, 0.717) is 12.8 Å². The van der Waals surface area contributed by atoms with Crippen molar-refractivity contribution in [2.24, 2.45) is 5.41 Å². The first-order valence-corrected chi connectivity index (χ1v) is 7.82. The molecule has 1 fully saturated rings. The normalized spacial score (nSPS) is 41.0. The molecule has 7 nitrogen and oxygen atoms in total. The van der Waals surface area contributed by atoms with Crippen LogP contribution in [0.25, 0.3) is 0 Å². The molecule has 1 heterocycles. The Kier molecular flexibility index (Phi) is 5.60. The van der Waals surface area contributed by atoms with Gasteiger partial charge in [-0.25, -0.2) is 0 Å². The highest BCUT2D eigenvalue weighted by molar-refractivity contribution is 5.77. The maximum Gasteiger partial charge on any atom is 0.186 e. The van der Waals surface area contributed by atoms with Crippen molar-refractivity contribution >= 4 is 6.29 Å². The summed E-state index contributed by atoms with van der Waals surface area (Å²) >= 11 is 0. The van der Waals surface area contributed by atoms with E-state index in [0.717, 1.165) is 17.4 Å². The smallest absolute Gasteiger partial charge is 0.186 e. The second kappa shape index (κ2) is 6.96. The lowest BCUT2D eigenvalue weighted by molar-refractivity contribution is -0.312. The van der Waals surface area contributed by atoms with Crippen LogP contribution >= 0.6 is 0 Å². The van der Waals surface area contributed by atoms with Crippen LogP contribution in [0.2, 0.25) is 0 Å². The fourth-order valence-corrected chi connectivity index (χ4v) is 3.51. The molecule has 0 bridgehead atoms. The summed E-state index contributed by atoms with van der Waals surface area (Å²) in [6.07, 6.45) is -4.73. The van der Waals surface area contributed by atoms with Crippen molar-refractivity contribution in [3.8, 4) is 0 Å². The lowest BCUT2D eigenvalue weighted by Crippen LogP contribution is -2.59. The molecular formula is C16H26O7. The van der Waals surface area contributed by atoms with Crippen LogP contribution in [0.4, 0.5) is 0 Å². The Morgan fingerprint density at radius 3 is 2.43 bits per heavy atom. The number of carbonyl (C=O) groups excluding carboxylic acids is 1. The lowest BCUT2D eigenvalue weighted by Gasteiger charge is -2.43.